The molecule has 0 spiro atoms. The molecule has 0 saturated carbocycles. The number of carbonyl (C=O) groups is 3. The van der Waals surface area contributed by atoms with Gasteiger partial charge >= 0.3 is 17.9 Å². The summed E-state index contributed by atoms with van der Waals surface area (Å²) in [6, 6.07) is 17.0. The lowest BCUT2D eigenvalue weighted by atomic mass is 10.1. The van der Waals surface area contributed by atoms with Crippen LogP contribution in [0.5, 0.6) is 11.5 Å². The van der Waals surface area contributed by atoms with E-state index in [1.54, 1.807) is 48.5 Å². The number of fused-ring (bicyclic) bond motifs is 1. The molecule has 14 nitrogen and oxygen atoms in total. The van der Waals surface area contributed by atoms with Gasteiger partial charge in [0.1, 0.15) is 73.9 Å². The number of aliphatic hydroxyl groups excluding tert-OH is 1. The molecule has 2 heterocycles. The fourth-order valence-corrected chi connectivity index (χ4v) is 4.77. The fraction of sp³-hybridized carbons (Fsp3) is 0.306. The molecule has 2 fully saturated rings. The lowest BCUT2D eigenvalue weighted by molar-refractivity contribution is -0.150. The number of aliphatic hydroxyl groups is 1. The van der Waals surface area contributed by atoms with Gasteiger partial charge in [0.15, 0.2) is 12.4 Å². The Labute approximate surface area is 287 Å². The minimum atomic E-state index is -1.60. The average molecular weight is 687 g/mol. The first-order chi connectivity index (χ1) is 24.2. The molecule has 260 valence electrons. The summed E-state index contributed by atoms with van der Waals surface area (Å²) in [5.74, 6) is -0.968. The molecule has 1 N–H and O–H groups in total. The Hall–Kier alpha value is -5.77. The van der Waals surface area contributed by atoms with Crippen LogP contribution in [0, 0.1) is 22.7 Å². The normalized spacial score (nSPS) is 20.3. The van der Waals surface area contributed by atoms with Crippen LogP contribution in [0.3, 0.4) is 0 Å². The number of nitriles is 2. The highest BCUT2D eigenvalue weighted by atomic mass is 16.7. The number of hydrogen-bond donors (Lipinski definition) is 1. The van der Waals surface area contributed by atoms with E-state index < -0.39 is 48.6 Å². The van der Waals surface area contributed by atoms with Gasteiger partial charge in [-0.1, -0.05) is 37.4 Å². The summed E-state index contributed by atoms with van der Waals surface area (Å²) in [5, 5.41) is 30.0. The summed E-state index contributed by atoms with van der Waals surface area (Å²) in [4.78, 5) is 35.1. The van der Waals surface area contributed by atoms with Crippen LogP contribution in [-0.4, -0.2) is 93.4 Å². The van der Waals surface area contributed by atoms with Gasteiger partial charge in [0, 0.05) is 12.2 Å². The largest absolute Gasteiger partial charge is 0.490 e. The average Bonchev–Trinajstić information content (AvgIpc) is 3.73. The van der Waals surface area contributed by atoms with Crippen molar-refractivity contribution < 1.29 is 57.4 Å². The van der Waals surface area contributed by atoms with E-state index >= 15 is 0 Å². The zero-order chi connectivity index (χ0) is 35.9. The monoisotopic (exact) mass is 686 g/mol. The van der Waals surface area contributed by atoms with Crippen molar-refractivity contribution in [3.05, 3.63) is 96.1 Å². The Morgan fingerprint density at radius 2 is 1.28 bits per heavy atom. The van der Waals surface area contributed by atoms with Crippen molar-refractivity contribution in [3.63, 3.8) is 0 Å². The number of rotatable bonds is 17. The van der Waals surface area contributed by atoms with Gasteiger partial charge in [-0.3, -0.25) is 0 Å². The first kappa shape index (κ1) is 37.1. The Balaban J connectivity index is 1.26. The van der Waals surface area contributed by atoms with E-state index in [1.165, 1.54) is 12.2 Å². The van der Waals surface area contributed by atoms with Gasteiger partial charge in [0.05, 0.1) is 18.8 Å². The first-order valence-corrected chi connectivity index (χ1v) is 15.3. The summed E-state index contributed by atoms with van der Waals surface area (Å²) in [7, 11) is 0. The van der Waals surface area contributed by atoms with E-state index in [9.17, 15) is 30.0 Å². The van der Waals surface area contributed by atoms with Crippen LogP contribution in [-0.2, 0) is 42.8 Å². The van der Waals surface area contributed by atoms with Crippen molar-refractivity contribution in [2.75, 3.05) is 39.6 Å². The molecule has 0 aromatic heterocycles. The van der Waals surface area contributed by atoms with Crippen molar-refractivity contribution in [2.45, 2.75) is 30.7 Å². The van der Waals surface area contributed by atoms with Gasteiger partial charge in [-0.2, -0.15) is 10.5 Å². The molecule has 14 heteroatoms. The fourth-order valence-electron chi connectivity index (χ4n) is 4.77. The van der Waals surface area contributed by atoms with Crippen LogP contribution in [0.4, 0.5) is 0 Å². The lowest BCUT2D eigenvalue weighted by Gasteiger charge is -2.20. The highest BCUT2D eigenvalue weighted by Gasteiger charge is 2.51. The van der Waals surface area contributed by atoms with Crippen LogP contribution in [0.25, 0.3) is 12.2 Å². The second-order valence-electron chi connectivity index (χ2n) is 10.5. The summed E-state index contributed by atoms with van der Waals surface area (Å²) >= 11 is 0. The molecule has 0 amide bonds. The molecule has 4 rings (SSSR count). The highest BCUT2D eigenvalue weighted by molar-refractivity contribution is 5.98. The van der Waals surface area contributed by atoms with E-state index in [4.69, 9.17) is 37.9 Å². The van der Waals surface area contributed by atoms with Crippen molar-refractivity contribution in [1.82, 2.24) is 0 Å². The lowest BCUT2D eigenvalue weighted by Crippen LogP contribution is -2.37. The maximum absolute atomic E-state index is 12.9. The molecule has 0 radical (unpaired) electrons. The third-order valence-corrected chi connectivity index (χ3v) is 7.18. The highest BCUT2D eigenvalue weighted by Crippen LogP contribution is 2.32. The summed E-state index contributed by atoms with van der Waals surface area (Å²) in [5.41, 5.74) is 0.807. The summed E-state index contributed by atoms with van der Waals surface area (Å²) in [6.45, 7) is 6.97. The molecule has 5 atom stereocenters. The third-order valence-electron chi connectivity index (χ3n) is 7.18. The van der Waals surface area contributed by atoms with Gasteiger partial charge in [-0.05, 0) is 47.5 Å². The molecular weight excluding hydrogens is 652 g/mol. The molecular formula is C36H34N2O12. The quantitative estimate of drug-likeness (QED) is 0.0638. The number of benzene rings is 2. The minimum absolute atomic E-state index is 0.000641. The van der Waals surface area contributed by atoms with Crippen LogP contribution in [0.1, 0.15) is 11.1 Å². The number of hydrogen-bond acceptors (Lipinski definition) is 14. The first-order valence-electron chi connectivity index (χ1n) is 15.3. The third kappa shape index (κ3) is 10.6. The zero-order valence-electron chi connectivity index (χ0n) is 26.8. The predicted molar refractivity (Wildman–Crippen MR) is 174 cm³/mol. The second kappa shape index (κ2) is 18.7. The van der Waals surface area contributed by atoms with Crippen LogP contribution < -0.4 is 9.47 Å². The van der Waals surface area contributed by atoms with Gasteiger partial charge in [-0.15, -0.1) is 0 Å². The predicted octanol–water partition coefficient (Wildman–Crippen LogP) is 2.83. The van der Waals surface area contributed by atoms with E-state index in [0.29, 0.717) is 22.6 Å². The topological polar surface area (TPSA) is 193 Å². The molecule has 50 heavy (non-hydrogen) atoms. The second-order valence-corrected chi connectivity index (χ2v) is 10.5. The molecule has 2 aromatic carbocycles. The molecule has 2 aromatic rings. The summed E-state index contributed by atoms with van der Waals surface area (Å²) < 4.78 is 43.5. The van der Waals surface area contributed by atoms with Crippen LogP contribution >= 0.6 is 0 Å². The van der Waals surface area contributed by atoms with Gasteiger partial charge in [-0.25, -0.2) is 14.4 Å². The van der Waals surface area contributed by atoms with Gasteiger partial charge in [0.2, 0.25) is 0 Å². The maximum atomic E-state index is 12.9. The van der Waals surface area contributed by atoms with Crippen LogP contribution in [0.15, 0.2) is 85.0 Å². The van der Waals surface area contributed by atoms with Gasteiger partial charge < -0.3 is 43.0 Å². The Bertz CT molecular complexity index is 1670. The van der Waals surface area contributed by atoms with E-state index in [2.05, 4.69) is 13.2 Å². The maximum Gasteiger partial charge on any atom is 0.349 e. The zero-order valence-corrected chi connectivity index (χ0v) is 26.8. The van der Waals surface area contributed by atoms with Crippen molar-refractivity contribution in [2.24, 2.45) is 0 Å². The molecule has 2 aliphatic rings. The Morgan fingerprint density at radius 3 is 1.78 bits per heavy atom. The van der Waals surface area contributed by atoms with E-state index in [1.807, 2.05) is 12.1 Å². The van der Waals surface area contributed by atoms with Crippen molar-refractivity contribution >= 4 is 30.1 Å². The number of carbonyl (C=O) groups excluding carboxylic acids is 3. The van der Waals surface area contributed by atoms with E-state index in [0.717, 1.165) is 12.2 Å². The van der Waals surface area contributed by atoms with Crippen molar-refractivity contribution in [1.29, 1.82) is 10.5 Å². The van der Waals surface area contributed by atoms with Gasteiger partial charge in [0.25, 0.3) is 0 Å². The Morgan fingerprint density at radius 1 is 0.780 bits per heavy atom. The van der Waals surface area contributed by atoms with Crippen LogP contribution in [0.2, 0.25) is 0 Å². The standard InChI is InChI=1S/C36H34N2O12/c1-3-31(39)45-15-13-43-27-9-5-23(6-10-27)17-25(19-37)35(41)49-29-21-47-34-30(22-48-33(29)34)50-36(42)26(20-38)18-24-7-11-28(12-8-24)44-14-16-46-32(40)4-2/h3-12,17-18,29-30,33-35,41H,1-2,13-16,21-22H2/b25-17+,26-18+/t29-,30+,33-,34-,35?/m1/s1. The molecule has 2 aliphatic heterocycles. The minimum Gasteiger partial charge on any atom is -0.490 e. The molecule has 2 saturated heterocycles. The summed E-state index contributed by atoms with van der Waals surface area (Å²) in [6.07, 6.45) is 0.282. The smallest absolute Gasteiger partial charge is 0.349 e. The molecule has 0 bridgehead atoms. The SMILES string of the molecule is C=CC(=O)OCCOc1ccc(/C=C(\C#N)C(=O)O[C@H]2CO[C@H]3[C@@H]2OC[C@H]3OC(O)/C(C#N)=C/c2ccc(OCCOC(=O)C=C)cc2)cc1. The Kier molecular flexibility index (Phi) is 13.8. The number of ether oxygens (including phenoxy) is 8. The van der Waals surface area contributed by atoms with Crippen molar-refractivity contribution in [3.8, 4) is 23.6 Å². The molecule has 1 unspecified atom stereocenters. The number of esters is 3. The number of nitrogens with zero attached hydrogens (tertiary/aromatic N) is 2. The van der Waals surface area contributed by atoms with E-state index in [-0.39, 0.29) is 50.8 Å². The molecule has 0 aliphatic carbocycles.